The Balaban J connectivity index is 2.33. The van der Waals surface area contributed by atoms with Gasteiger partial charge < -0.3 is 9.80 Å². The van der Waals surface area contributed by atoms with Gasteiger partial charge in [-0.1, -0.05) is 0 Å². The Hall–Kier alpha value is -2.16. The lowest BCUT2D eigenvalue weighted by Gasteiger charge is -2.35. The number of nitro groups is 1. The van der Waals surface area contributed by atoms with Gasteiger partial charge in [0.2, 0.25) is 5.91 Å². The van der Waals surface area contributed by atoms with Gasteiger partial charge in [0.1, 0.15) is 0 Å². The Morgan fingerprint density at radius 2 is 1.77 bits per heavy atom. The van der Waals surface area contributed by atoms with Crippen LogP contribution in [0.2, 0.25) is 0 Å². The van der Waals surface area contributed by atoms with Gasteiger partial charge in [-0.25, -0.2) is 8.42 Å². The SMILES string of the molecule is CC(=O)N1CCN(c2cc([N+](=O)[O-])cc(S(C)(=O)=O)c2)CC1. The predicted octanol–water partition coefficient (Wildman–Crippen LogP) is 0.667. The van der Waals surface area contributed by atoms with Gasteiger partial charge in [0.25, 0.3) is 5.69 Å². The summed E-state index contributed by atoms with van der Waals surface area (Å²) in [6, 6.07) is 3.86. The average molecular weight is 327 g/mol. The van der Waals surface area contributed by atoms with E-state index in [0.29, 0.717) is 31.9 Å². The third-order valence-corrected chi connectivity index (χ3v) is 4.70. The highest BCUT2D eigenvalue weighted by molar-refractivity contribution is 7.90. The molecule has 1 aromatic rings. The van der Waals surface area contributed by atoms with Crippen LogP contribution >= 0.6 is 0 Å². The van der Waals surface area contributed by atoms with Gasteiger partial charge >= 0.3 is 0 Å². The second-order valence-electron chi connectivity index (χ2n) is 5.21. The molecular weight excluding hydrogens is 310 g/mol. The zero-order valence-corrected chi connectivity index (χ0v) is 13.2. The molecule has 0 unspecified atom stereocenters. The van der Waals surface area contributed by atoms with E-state index < -0.39 is 14.8 Å². The van der Waals surface area contributed by atoms with Gasteiger partial charge in [-0.05, 0) is 6.07 Å². The normalized spacial score (nSPS) is 15.7. The quantitative estimate of drug-likeness (QED) is 0.597. The number of piperazine rings is 1. The van der Waals surface area contributed by atoms with Crippen molar-refractivity contribution in [3.05, 3.63) is 28.3 Å². The highest BCUT2D eigenvalue weighted by Gasteiger charge is 2.22. The second-order valence-corrected chi connectivity index (χ2v) is 7.22. The summed E-state index contributed by atoms with van der Waals surface area (Å²) in [7, 11) is -3.54. The van der Waals surface area contributed by atoms with E-state index in [1.807, 2.05) is 4.90 Å². The maximum absolute atomic E-state index is 11.7. The molecule has 22 heavy (non-hydrogen) atoms. The lowest BCUT2D eigenvalue weighted by molar-refractivity contribution is -0.385. The summed E-state index contributed by atoms with van der Waals surface area (Å²) in [5, 5.41) is 11.0. The molecule has 1 saturated heterocycles. The number of anilines is 1. The predicted molar refractivity (Wildman–Crippen MR) is 80.7 cm³/mol. The number of nitrogens with zero attached hydrogens (tertiary/aromatic N) is 3. The van der Waals surface area contributed by atoms with Crippen LogP contribution < -0.4 is 4.90 Å². The van der Waals surface area contributed by atoms with Gasteiger partial charge in [-0.3, -0.25) is 14.9 Å². The first-order valence-electron chi connectivity index (χ1n) is 6.68. The third-order valence-electron chi connectivity index (χ3n) is 3.61. The molecule has 1 aliphatic rings. The summed E-state index contributed by atoms with van der Waals surface area (Å²) in [5.41, 5.74) is 0.227. The fraction of sp³-hybridized carbons (Fsp3) is 0.462. The summed E-state index contributed by atoms with van der Waals surface area (Å²) >= 11 is 0. The molecule has 1 aromatic carbocycles. The highest BCUT2D eigenvalue weighted by Crippen LogP contribution is 2.27. The fourth-order valence-corrected chi connectivity index (χ4v) is 3.02. The van der Waals surface area contributed by atoms with Crippen molar-refractivity contribution >= 4 is 27.1 Å². The topological polar surface area (TPSA) is 101 Å². The summed E-state index contributed by atoms with van der Waals surface area (Å²) < 4.78 is 23.4. The molecule has 0 aliphatic carbocycles. The number of sulfone groups is 1. The van der Waals surface area contributed by atoms with Crippen molar-refractivity contribution in [3.8, 4) is 0 Å². The molecule has 8 nitrogen and oxygen atoms in total. The summed E-state index contributed by atoms with van der Waals surface area (Å²) in [5.74, 6) is -0.0180. The molecule has 0 spiro atoms. The van der Waals surface area contributed by atoms with E-state index in [2.05, 4.69) is 0 Å². The average Bonchev–Trinajstić information content (AvgIpc) is 2.46. The van der Waals surface area contributed by atoms with Crippen LogP contribution in [-0.4, -0.2) is 56.6 Å². The van der Waals surface area contributed by atoms with Crippen LogP contribution in [-0.2, 0) is 14.6 Å². The summed E-state index contributed by atoms with van der Waals surface area (Å²) in [6.07, 6.45) is 1.02. The molecule has 0 atom stereocenters. The van der Waals surface area contributed by atoms with Crippen molar-refractivity contribution in [2.75, 3.05) is 37.3 Å². The summed E-state index contributed by atoms with van der Waals surface area (Å²) in [4.78, 5) is 25.2. The zero-order chi connectivity index (χ0) is 16.5. The first kappa shape index (κ1) is 16.2. The van der Waals surface area contributed by atoms with Gasteiger partial charge in [-0.15, -0.1) is 0 Å². The minimum absolute atomic E-state index is 0.0180. The lowest BCUT2D eigenvalue weighted by atomic mass is 10.2. The van der Waals surface area contributed by atoms with E-state index >= 15 is 0 Å². The van der Waals surface area contributed by atoms with Crippen molar-refractivity contribution in [1.29, 1.82) is 0 Å². The number of amides is 1. The maximum Gasteiger partial charge on any atom is 0.272 e. The van der Waals surface area contributed by atoms with E-state index in [1.54, 1.807) is 4.90 Å². The second kappa shape index (κ2) is 5.91. The molecule has 1 amide bonds. The zero-order valence-electron chi connectivity index (χ0n) is 12.4. The number of hydrogen-bond acceptors (Lipinski definition) is 6. The van der Waals surface area contributed by atoms with Gasteiger partial charge in [0.15, 0.2) is 9.84 Å². The van der Waals surface area contributed by atoms with Crippen LogP contribution in [0, 0.1) is 10.1 Å². The van der Waals surface area contributed by atoms with Crippen molar-refractivity contribution in [3.63, 3.8) is 0 Å². The number of benzene rings is 1. The van der Waals surface area contributed by atoms with Crippen molar-refractivity contribution in [2.24, 2.45) is 0 Å². The Bertz CT molecular complexity index is 708. The molecule has 1 fully saturated rings. The monoisotopic (exact) mass is 327 g/mol. The molecule has 0 aromatic heterocycles. The Morgan fingerprint density at radius 3 is 2.23 bits per heavy atom. The Morgan fingerprint density at radius 1 is 1.18 bits per heavy atom. The van der Waals surface area contributed by atoms with Crippen LogP contribution in [0.15, 0.2) is 23.1 Å². The maximum atomic E-state index is 11.7. The first-order valence-corrected chi connectivity index (χ1v) is 8.57. The first-order chi connectivity index (χ1) is 10.2. The molecule has 0 bridgehead atoms. The van der Waals surface area contributed by atoms with Crippen LogP contribution in [0.1, 0.15) is 6.92 Å². The van der Waals surface area contributed by atoms with E-state index in [4.69, 9.17) is 0 Å². The number of carbonyl (C=O) groups is 1. The largest absolute Gasteiger partial charge is 0.368 e. The van der Waals surface area contributed by atoms with Crippen LogP contribution in [0.25, 0.3) is 0 Å². The van der Waals surface area contributed by atoms with E-state index in [0.717, 1.165) is 12.3 Å². The molecule has 1 aliphatic heterocycles. The smallest absolute Gasteiger partial charge is 0.272 e. The van der Waals surface area contributed by atoms with E-state index in [9.17, 15) is 23.3 Å². The molecule has 9 heteroatoms. The number of carbonyl (C=O) groups excluding carboxylic acids is 1. The van der Waals surface area contributed by atoms with E-state index in [1.165, 1.54) is 19.1 Å². The van der Waals surface area contributed by atoms with E-state index in [-0.39, 0.29) is 16.5 Å². The van der Waals surface area contributed by atoms with Crippen LogP contribution in [0.4, 0.5) is 11.4 Å². The van der Waals surface area contributed by atoms with Crippen LogP contribution in [0.3, 0.4) is 0 Å². The Labute approximate surface area is 128 Å². The van der Waals surface area contributed by atoms with Gasteiger partial charge in [0, 0.05) is 57.2 Å². The standard InChI is InChI=1S/C13H17N3O5S/c1-10(17)14-3-5-15(6-4-14)11-7-12(16(18)19)9-13(8-11)22(2,20)21/h7-9H,3-6H2,1-2H3. The molecule has 0 radical (unpaired) electrons. The minimum atomic E-state index is -3.54. The molecule has 120 valence electrons. The number of non-ortho nitro benzene ring substituents is 1. The van der Waals surface area contributed by atoms with Crippen molar-refractivity contribution in [1.82, 2.24) is 4.90 Å². The molecular formula is C13H17N3O5S. The van der Waals surface area contributed by atoms with Crippen LogP contribution in [0.5, 0.6) is 0 Å². The molecule has 2 rings (SSSR count). The highest BCUT2D eigenvalue weighted by atomic mass is 32.2. The number of hydrogen-bond donors (Lipinski definition) is 0. The molecule has 0 N–H and O–H groups in total. The summed E-state index contributed by atoms with van der Waals surface area (Å²) in [6.45, 7) is 3.51. The molecule has 1 heterocycles. The Kier molecular flexibility index (Phi) is 4.36. The molecule has 0 saturated carbocycles. The minimum Gasteiger partial charge on any atom is -0.368 e. The van der Waals surface area contributed by atoms with Crippen molar-refractivity contribution in [2.45, 2.75) is 11.8 Å². The van der Waals surface area contributed by atoms with Gasteiger partial charge in [-0.2, -0.15) is 0 Å². The number of nitro benzene ring substituents is 1. The van der Waals surface area contributed by atoms with Gasteiger partial charge in [0.05, 0.1) is 9.82 Å². The number of rotatable bonds is 3. The fourth-order valence-electron chi connectivity index (χ4n) is 2.35. The third kappa shape index (κ3) is 3.53. The van der Waals surface area contributed by atoms with Crippen molar-refractivity contribution < 1.29 is 18.1 Å². The lowest BCUT2D eigenvalue weighted by Crippen LogP contribution is -2.48.